The zero-order chi connectivity index (χ0) is 14.6. The van der Waals surface area contributed by atoms with Crippen LogP contribution in [-0.2, 0) is 0 Å². The maximum absolute atomic E-state index is 12.4. The molecule has 0 aromatic carbocycles. The summed E-state index contributed by atoms with van der Waals surface area (Å²) in [6, 6.07) is 3.85. The van der Waals surface area contributed by atoms with E-state index in [0.717, 1.165) is 18.8 Å². The first-order valence-corrected chi connectivity index (χ1v) is 7.54. The van der Waals surface area contributed by atoms with Crippen molar-refractivity contribution in [2.75, 3.05) is 11.9 Å². The van der Waals surface area contributed by atoms with Gasteiger partial charge in [-0.05, 0) is 37.3 Å². The molecule has 0 bridgehead atoms. The molecule has 20 heavy (non-hydrogen) atoms. The number of carbonyl (C=O) groups excluding carboxylic acids is 1. The van der Waals surface area contributed by atoms with E-state index >= 15 is 0 Å². The molecule has 110 valence electrons. The Hall–Kier alpha value is -1.58. The Morgan fingerprint density at radius 2 is 2.25 bits per heavy atom. The number of hydrogen-bond donors (Lipinski definition) is 2. The van der Waals surface area contributed by atoms with Gasteiger partial charge in [0.2, 0.25) is 0 Å². The molecule has 0 radical (unpaired) electrons. The number of nitrogens with zero attached hydrogens (tertiary/aromatic N) is 1. The van der Waals surface area contributed by atoms with Crippen molar-refractivity contribution >= 4 is 11.7 Å². The molecule has 1 aliphatic rings. The molecule has 0 spiro atoms. The topological polar surface area (TPSA) is 54.0 Å². The molecule has 1 aliphatic carbocycles. The highest BCUT2D eigenvalue weighted by molar-refractivity contribution is 5.95. The van der Waals surface area contributed by atoms with Gasteiger partial charge in [0.05, 0.1) is 0 Å². The summed E-state index contributed by atoms with van der Waals surface area (Å²) in [5.41, 5.74) is 0.864. The molecule has 1 aromatic rings. The van der Waals surface area contributed by atoms with E-state index in [9.17, 15) is 4.79 Å². The average Bonchev–Trinajstić information content (AvgIpc) is 2.42. The van der Waals surface area contributed by atoms with Crippen LogP contribution in [0, 0.1) is 5.41 Å². The number of rotatable bonds is 4. The van der Waals surface area contributed by atoms with E-state index in [1.165, 1.54) is 19.3 Å². The van der Waals surface area contributed by atoms with Gasteiger partial charge in [-0.25, -0.2) is 4.98 Å². The van der Waals surface area contributed by atoms with E-state index in [0.29, 0.717) is 5.56 Å². The second-order valence-electron chi connectivity index (χ2n) is 6.22. The summed E-state index contributed by atoms with van der Waals surface area (Å²) in [4.78, 5) is 16.6. The number of pyridine rings is 1. The van der Waals surface area contributed by atoms with Crippen LogP contribution in [0.3, 0.4) is 0 Å². The van der Waals surface area contributed by atoms with Crippen LogP contribution in [0.1, 0.15) is 56.8 Å². The largest absolute Gasteiger partial charge is 0.370 e. The molecular formula is C16H25N3O. The molecule has 0 saturated heterocycles. The van der Waals surface area contributed by atoms with Crippen molar-refractivity contribution in [1.82, 2.24) is 10.3 Å². The zero-order valence-electron chi connectivity index (χ0n) is 12.7. The fourth-order valence-electron chi connectivity index (χ4n) is 2.85. The van der Waals surface area contributed by atoms with Crippen LogP contribution in [0.25, 0.3) is 0 Å². The summed E-state index contributed by atoms with van der Waals surface area (Å²) in [5.74, 6) is 0.759. The average molecular weight is 275 g/mol. The predicted octanol–water partition coefficient (Wildman–Crippen LogP) is 3.21. The maximum Gasteiger partial charge on any atom is 0.251 e. The van der Waals surface area contributed by atoms with E-state index in [1.807, 2.05) is 13.0 Å². The lowest BCUT2D eigenvalue weighted by atomic mass is 9.73. The Labute approximate surface area is 121 Å². The number of nitrogens with one attached hydrogen (secondary N) is 2. The third kappa shape index (κ3) is 3.50. The van der Waals surface area contributed by atoms with Crippen LogP contribution in [0.5, 0.6) is 0 Å². The zero-order valence-corrected chi connectivity index (χ0v) is 12.7. The molecule has 4 heteroatoms. The van der Waals surface area contributed by atoms with Crippen molar-refractivity contribution in [3.8, 4) is 0 Å². The normalized spacial score (nSPS) is 21.2. The summed E-state index contributed by atoms with van der Waals surface area (Å²) in [6.07, 6.45) is 6.40. The van der Waals surface area contributed by atoms with E-state index in [-0.39, 0.29) is 17.4 Å². The Morgan fingerprint density at radius 3 is 2.95 bits per heavy atom. The standard InChI is InChI=1S/C16H25N3O/c1-4-17-14-11-12(8-10-18-14)15(20)19-13-7-5-6-9-16(13,2)3/h8,10-11,13H,4-7,9H2,1-3H3,(H,17,18)(H,19,20). The molecule has 4 nitrogen and oxygen atoms in total. The highest BCUT2D eigenvalue weighted by atomic mass is 16.1. The highest BCUT2D eigenvalue weighted by Gasteiger charge is 2.33. The number of amides is 1. The first-order valence-electron chi connectivity index (χ1n) is 7.54. The molecule has 1 fully saturated rings. The second kappa shape index (κ2) is 6.25. The van der Waals surface area contributed by atoms with E-state index in [4.69, 9.17) is 0 Å². The Morgan fingerprint density at radius 1 is 1.45 bits per heavy atom. The van der Waals surface area contributed by atoms with Gasteiger partial charge in [-0.15, -0.1) is 0 Å². The molecule has 0 aliphatic heterocycles. The number of anilines is 1. The summed E-state index contributed by atoms with van der Waals surface area (Å²) in [6.45, 7) is 7.30. The van der Waals surface area contributed by atoms with Crippen molar-refractivity contribution < 1.29 is 4.79 Å². The monoisotopic (exact) mass is 275 g/mol. The third-order valence-electron chi connectivity index (χ3n) is 4.19. The summed E-state index contributed by atoms with van der Waals surface area (Å²) in [7, 11) is 0. The summed E-state index contributed by atoms with van der Waals surface area (Å²) >= 11 is 0. The van der Waals surface area contributed by atoms with Gasteiger partial charge < -0.3 is 10.6 Å². The van der Waals surface area contributed by atoms with Crippen molar-refractivity contribution in [3.63, 3.8) is 0 Å². The van der Waals surface area contributed by atoms with Crippen molar-refractivity contribution in [3.05, 3.63) is 23.9 Å². The van der Waals surface area contributed by atoms with Crippen LogP contribution in [-0.4, -0.2) is 23.5 Å². The molecule has 1 heterocycles. The van der Waals surface area contributed by atoms with E-state index in [2.05, 4.69) is 29.5 Å². The Bertz CT molecular complexity index is 471. The molecule has 1 amide bonds. The van der Waals surface area contributed by atoms with Gasteiger partial charge in [-0.2, -0.15) is 0 Å². The van der Waals surface area contributed by atoms with Crippen LogP contribution in [0.2, 0.25) is 0 Å². The van der Waals surface area contributed by atoms with Gasteiger partial charge in [0, 0.05) is 24.3 Å². The third-order valence-corrected chi connectivity index (χ3v) is 4.19. The number of aromatic nitrogens is 1. The maximum atomic E-state index is 12.4. The predicted molar refractivity (Wildman–Crippen MR) is 81.9 cm³/mol. The van der Waals surface area contributed by atoms with Crippen molar-refractivity contribution in [2.24, 2.45) is 5.41 Å². The van der Waals surface area contributed by atoms with Gasteiger partial charge in [0.25, 0.3) is 5.91 Å². The summed E-state index contributed by atoms with van der Waals surface area (Å²) in [5, 5.41) is 6.33. The SMILES string of the molecule is CCNc1cc(C(=O)NC2CCCCC2(C)C)ccn1. The fraction of sp³-hybridized carbons (Fsp3) is 0.625. The molecular weight excluding hydrogens is 250 g/mol. The molecule has 1 atom stereocenters. The quantitative estimate of drug-likeness (QED) is 0.887. The first kappa shape index (κ1) is 14.8. The minimum atomic E-state index is 0.00604. The van der Waals surface area contributed by atoms with Gasteiger partial charge >= 0.3 is 0 Å². The van der Waals surface area contributed by atoms with Crippen LogP contribution in [0.4, 0.5) is 5.82 Å². The summed E-state index contributed by atoms with van der Waals surface area (Å²) < 4.78 is 0. The minimum absolute atomic E-state index is 0.00604. The van der Waals surface area contributed by atoms with Gasteiger partial charge in [-0.1, -0.05) is 26.7 Å². The van der Waals surface area contributed by atoms with Crippen LogP contribution < -0.4 is 10.6 Å². The lowest BCUT2D eigenvalue weighted by Crippen LogP contribution is -2.46. The molecule has 1 saturated carbocycles. The van der Waals surface area contributed by atoms with Gasteiger partial charge in [0.1, 0.15) is 5.82 Å². The van der Waals surface area contributed by atoms with Crippen LogP contribution >= 0.6 is 0 Å². The van der Waals surface area contributed by atoms with Gasteiger partial charge in [-0.3, -0.25) is 4.79 Å². The van der Waals surface area contributed by atoms with E-state index < -0.39 is 0 Å². The first-order chi connectivity index (χ1) is 9.53. The Kier molecular flexibility index (Phi) is 4.63. The smallest absolute Gasteiger partial charge is 0.251 e. The van der Waals surface area contributed by atoms with E-state index in [1.54, 1.807) is 12.3 Å². The highest BCUT2D eigenvalue weighted by Crippen LogP contribution is 2.35. The molecule has 1 aromatic heterocycles. The van der Waals surface area contributed by atoms with Gasteiger partial charge in [0.15, 0.2) is 0 Å². The molecule has 2 rings (SSSR count). The van der Waals surface area contributed by atoms with Crippen molar-refractivity contribution in [1.29, 1.82) is 0 Å². The lowest BCUT2D eigenvalue weighted by molar-refractivity contribution is 0.0853. The fourth-order valence-corrected chi connectivity index (χ4v) is 2.85. The lowest BCUT2D eigenvalue weighted by Gasteiger charge is -2.39. The second-order valence-corrected chi connectivity index (χ2v) is 6.22. The van der Waals surface area contributed by atoms with Crippen LogP contribution in [0.15, 0.2) is 18.3 Å². The minimum Gasteiger partial charge on any atom is -0.370 e. The number of hydrogen-bond acceptors (Lipinski definition) is 3. The van der Waals surface area contributed by atoms with Crippen molar-refractivity contribution in [2.45, 2.75) is 52.5 Å². The molecule has 2 N–H and O–H groups in total. The number of carbonyl (C=O) groups is 1. The molecule has 1 unspecified atom stereocenters. The Balaban J connectivity index is 2.05.